The van der Waals surface area contributed by atoms with Gasteiger partial charge in [-0.05, 0) is 47.7 Å². The van der Waals surface area contributed by atoms with E-state index in [4.69, 9.17) is 4.98 Å². The van der Waals surface area contributed by atoms with E-state index in [9.17, 15) is 0 Å². The Morgan fingerprint density at radius 2 is 2.15 bits per heavy atom. The number of fused-ring (bicyclic) bond motifs is 1. The van der Waals surface area contributed by atoms with Gasteiger partial charge < -0.3 is 5.32 Å². The normalized spacial score (nSPS) is 18.1. The zero-order chi connectivity index (χ0) is 18.3. The van der Waals surface area contributed by atoms with Gasteiger partial charge in [-0.3, -0.25) is 4.68 Å². The quantitative estimate of drug-likeness (QED) is 0.705. The first-order valence-corrected chi connectivity index (χ1v) is 10.1. The Morgan fingerprint density at radius 3 is 2.81 bits per heavy atom. The maximum Gasteiger partial charge on any atom is 0.163 e. The molecule has 138 valence electrons. The number of rotatable bonds is 4. The van der Waals surface area contributed by atoms with Crippen LogP contribution in [0.3, 0.4) is 0 Å². The van der Waals surface area contributed by atoms with Gasteiger partial charge in [-0.25, -0.2) is 9.50 Å². The number of nitrogens with one attached hydrogen (secondary N) is 1. The summed E-state index contributed by atoms with van der Waals surface area (Å²) in [4.78, 5) is 5.09. The van der Waals surface area contributed by atoms with Gasteiger partial charge >= 0.3 is 0 Å². The van der Waals surface area contributed by atoms with Crippen molar-refractivity contribution in [2.24, 2.45) is 13.0 Å². The summed E-state index contributed by atoms with van der Waals surface area (Å²) < 4.78 is 4.94. The molecule has 6 nitrogen and oxygen atoms in total. The predicted molar refractivity (Wildman–Crippen MR) is 106 cm³/mol. The summed E-state index contributed by atoms with van der Waals surface area (Å²) in [5.74, 6) is 0.978. The average Bonchev–Trinajstić information content (AvgIpc) is 3.23. The highest BCUT2D eigenvalue weighted by Crippen LogP contribution is 2.34. The van der Waals surface area contributed by atoms with Crippen molar-refractivity contribution >= 4 is 21.6 Å². The standard InChI is InChI=1S/C19H25BrN6/c1-12(2)7-16-17(20)18(13-5-4-6-21-8-13)24-19-15(10-23-26(16)19)14-9-22-25(3)11-14/h9-13,21H,4-8H2,1-3H3. The summed E-state index contributed by atoms with van der Waals surface area (Å²) in [6.07, 6.45) is 9.14. The molecule has 0 bridgehead atoms. The molecule has 1 fully saturated rings. The van der Waals surface area contributed by atoms with Crippen molar-refractivity contribution in [3.05, 3.63) is 34.5 Å². The fourth-order valence-electron chi connectivity index (χ4n) is 3.73. The first-order valence-electron chi connectivity index (χ1n) is 9.30. The van der Waals surface area contributed by atoms with E-state index in [1.165, 1.54) is 18.5 Å². The zero-order valence-electron chi connectivity index (χ0n) is 15.5. The van der Waals surface area contributed by atoms with Gasteiger partial charge in [0, 0.05) is 36.8 Å². The molecular formula is C19H25BrN6. The molecule has 3 aromatic rings. The first kappa shape index (κ1) is 17.7. The Balaban J connectivity index is 1.91. The minimum atomic E-state index is 0.436. The van der Waals surface area contributed by atoms with Crippen LogP contribution in [0.1, 0.15) is 44.0 Å². The minimum Gasteiger partial charge on any atom is -0.316 e. The van der Waals surface area contributed by atoms with Crippen molar-refractivity contribution < 1.29 is 0 Å². The highest BCUT2D eigenvalue weighted by molar-refractivity contribution is 9.10. The van der Waals surface area contributed by atoms with Gasteiger partial charge in [0.15, 0.2) is 5.65 Å². The number of hydrogen-bond acceptors (Lipinski definition) is 4. The van der Waals surface area contributed by atoms with E-state index in [1.54, 1.807) is 0 Å². The molecule has 4 heterocycles. The van der Waals surface area contributed by atoms with Crippen LogP contribution in [0, 0.1) is 5.92 Å². The average molecular weight is 417 g/mol. The van der Waals surface area contributed by atoms with E-state index >= 15 is 0 Å². The SMILES string of the molecule is CC(C)Cc1c(Br)c(C2CCCNC2)nc2c(-c3cnn(C)c3)cnn12. The van der Waals surface area contributed by atoms with Crippen LogP contribution in [0.5, 0.6) is 0 Å². The maximum atomic E-state index is 5.09. The van der Waals surface area contributed by atoms with Crippen molar-refractivity contribution in [2.75, 3.05) is 13.1 Å². The summed E-state index contributed by atoms with van der Waals surface area (Å²) in [7, 11) is 1.93. The van der Waals surface area contributed by atoms with E-state index in [2.05, 4.69) is 45.3 Å². The van der Waals surface area contributed by atoms with Gasteiger partial charge in [-0.1, -0.05) is 13.8 Å². The Labute approximate surface area is 162 Å². The van der Waals surface area contributed by atoms with Crippen LogP contribution < -0.4 is 5.32 Å². The molecule has 0 amide bonds. The predicted octanol–water partition coefficient (Wildman–Crippen LogP) is 3.56. The number of aromatic nitrogens is 5. The van der Waals surface area contributed by atoms with Crippen molar-refractivity contribution in [2.45, 2.75) is 39.0 Å². The molecule has 0 spiro atoms. The monoisotopic (exact) mass is 416 g/mol. The smallest absolute Gasteiger partial charge is 0.163 e. The molecule has 4 rings (SSSR count). The summed E-state index contributed by atoms with van der Waals surface area (Å²) in [6.45, 7) is 6.57. The lowest BCUT2D eigenvalue weighted by Gasteiger charge is -2.24. The molecule has 0 aliphatic carbocycles. The Morgan fingerprint density at radius 1 is 1.31 bits per heavy atom. The summed E-state index contributed by atoms with van der Waals surface area (Å²) in [5, 5.41) is 12.5. The molecule has 1 unspecified atom stereocenters. The van der Waals surface area contributed by atoms with Crippen LogP contribution in [0.4, 0.5) is 0 Å². The lowest BCUT2D eigenvalue weighted by molar-refractivity contribution is 0.452. The van der Waals surface area contributed by atoms with E-state index < -0.39 is 0 Å². The third-order valence-electron chi connectivity index (χ3n) is 5.01. The number of nitrogens with zero attached hydrogens (tertiary/aromatic N) is 5. The molecule has 7 heteroatoms. The molecule has 0 saturated carbocycles. The molecule has 1 atom stereocenters. The molecule has 1 saturated heterocycles. The number of hydrogen-bond donors (Lipinski definition) is 1. The van der Waals surface area contributed by atoms with Crippen molar-refractivity contribution in [1.29, 1.82) is 0 Å². The van der Waals surface area contributed by atoms with E-state index in [0.717, 1.165) is 46.5 Å². The molecule has 26 heavy (non-hydrogen) atoms. The summed E-state index contributed by atoms with van der Waals surface area (Å²) in [6, 6.07) is 0. The lowest BCUT2D eigenvalue weighted by atomic mass is 9.94. The second-order valence-electron chi connectivity index (χ2n) is 7.60. The van der Waals surface area contributed by atoms with Crippen molar-refractivity contribution in [3.8, 4) is 11.1 Å². The van der Waals surface area contributed by atoms with Crippen LogP contribution >= 0.6 is 15.9 Å². The highest BCUT2D eigenvalue weighted by Gasteiger charge is 2.25. The maximum absolute atomic E-state index is 5.09. The van der Waals surface area contributed by atoms with Gasteiger partial charge in [0.2, 0.25) is 0 Å². The third kappa shape index (κ3) is 3.18. The molecule has 0 aromatic carbocycles. The Bertz CT molecular complexity index is 920. The fraction of sp³-hybridized carbons (Fsp3) is 0.526. The Hall–Kier alpha value is -1.73. The third-order valence-corrected chi connectivity index (χ3v) is 5.87. The van der Waals surface area contributed by atoms with Crippen LogP contribution in [-0.4, -0.2) is 37.5 Å². The van der Waals surface area contributed by atoms with Gasteiger partial charge in [0.1, 0.15) is 0 Å². The number of piperidine rings is 1. The molecule has 1 aliphatic heterocycles. The summed E-state index contributed by atoms with van der Waals surface area (Å²) in [5.41, 5.74) is 5.39. The molecule has 0 radical (unpaired) electrons. The van der Waals surface area contributed by atoms with Gasteiger partial charge in [-0.2, -0.15) is 10.2 Å². The van der Waals surface area contributed by atoms with Crippen molar-refractivity contribution in [1.82, 2.24) is 29.7 Å². The minimum absolute atomic E-state index is 0.436. The molecule has 1 aliphatic rings. The highest BCUT2D eigenvalue weighted by atomic mass is 79.9. The second-order valence-corrected chi connectivity index (χ2v) is 8.39. The Kier molecular flexibility index (Phi) is 4.84. The van der Waals surface area contributed by atoms with Crippen LogP contribution in [0.25, 0.3) is 16.8 Å². The number of halogens is 1. The largest absolute Gasteiger partial charge is 0.316 e. The number of aryl methyl sites for hydroxylation is 1. The van der Waals surface area contributed by atoms with E-state index in [1.807, 2.05) is 34.8 Å². The van der Waals surface area contributed by atoms with Crippen LogP contribution in [0.15, 0.2) is 23.1 Å². The molecule has 1 N–H and O–H groups in total. The van der Waals surface area contributed by atoms with E-state index in [0.29, 0.717) is 11.8 Å². The van der Waals surface area contributed by atoms with Gasteiger partial charge in [0.05, 0.1) is 28.3 Å². The topological polar surface area (TPSA) is 60.0 Å². The lowest BCUT2D eigenvalue weighted by Crippen LogP contribution is -2.29. The molecule has 3 aromatic heterocycles. The van der Waals surface area contributed by atoms with Crippen molar-refractivity contribution in [3.63, 3.8) is 0 Å². The van der Waals surface area contributed by atoms with Crippen LogP contribution in [0.2, 0.25) is 0 Å². The first-order chi connectivity index (χ1) is 12.5. The second kappa shape index (κ2) is 7.12. The zero-order valence-corrected chi connectivity index (χ0v) is 17.1. The fourth-order valence-corrected chi connectivity index (χ4v) is 4.48. The van der Waals surface area contributed by atoms with Gasteiger partial charge in [0.25, 0.3) is 0 Å². The summed E-state index contributed by atoms with van der Waals surface area (Å²) >= 11 is 3.87. The van der Waals surface area contributed by atoms with Crippen LogP contribution in [-0.2, 0) is 13.5 Å². The van der Waals surface area contributed by atoms with Gasteiger partial charge in [-0.15, -0.1) is 0 Å². The van der Waals surface area contributed by atoms with E-state index in [-0.39, 0.29) is 0 Å². The molecular weight excluding hydrogens is 392 g/mol.